The smallest absolute Gasteiger partial charge is 0.230 e. The Morgan fingerprint density at radius 3 is 2.56 bits per heavy atom. The molecule has 0 N–H and O–H groups in total. The third-order valence-corrected chi connectivity index (χ3v) is 3.24. The van der Waals surface area contributed by atoms with Crippen molar-refractivity contribution in [1.82, 2.24) is 0 Å². The molecule has 1 aliphatic rings. The Bertz CT molecular complexity index is 489. The first kappa shape index (κ1) is 9.64. The number of hydrogen-bond donors (Lipinski definition) is 0. The van der Waals surface area contributed by atoms with Gasteiger partial charge in [0.05, 0.1) is 5.39 Å². The zero-order valence-corrected chi connectivity index (χ0v) is 9.30. The Morgan fingerprint density at radius 1 is 1.00 bits per heavy atom. The van der Waals surface area contributed by atoms with Crippen LogP contribution < -0.4 is 9.57 Å². The zero-order chi connectivity index (χ0) is 10.8. The van der Waals surface area contributed by atoms with Crippen LogP contribution in [-0.4, -0.2) is 6.10 Å². The molecule has 82 valence electrons. The highest BCUT2D eigenvalue weighted by Gasteiger charge is 2.20. The van der Waals surface area contributed by atoms with Gasteiger partial charge in [0.25, 0.3) is 0 Å². The van der Waals surface area contributed by atoms with Gasteiger partial charge in [0.15, 0.2) is 6.10 Å². The van der Waals surface area contributed by atoms with E-state index < -0.39 is 0 Å². The molecule has 1 saturated carbocycles. The van der Waals surface area contributed by atoms with Crippen molar-refractivity contribution in [2.45, 2.75) is 31.8 Å². The van der Waals surface area contributed by atoms with Crippen molar-refractivity contribution < 1.29 is 9.57 Å². The lowest BCUT2D eigenvalue weighted by molar-refractivity contribution is -0.898. The van der Waals surface area contributed by atoms with E-state index in [1.807, 2.05) is 10.9 Å². The fourth-order valence-electron chi connectivity index (χ4n) is 2.35. The zero-order valence-electron chi connectivity index (χ0n) is 9.30. The Labute approximate surface area is 95.4 Å². The van der Waals surface area contributed by atoms with Crippen LogP contribution in [0.25, 0.3) is 10.8 Å². The third kappa shape index (κ3) is 1.87. The maximum Gasteiger partial charge on any atom is 0.230 e. The molecule has 1 aromatic carbocycles. The molecule has 1 heterocycles. The van der Waals surface area contributed by atoms with E-state index in [1.54, 1.807) is 0 Å². The van der Waals surface area contributed by atoms with Gasteiger partial charge in [0.1, 0.15) is 0 Å². The average Bonchev–Trinajstić information content (AvgIpc) is 2.82. The van der Waals surface area contributed by atoms with Gasteiger partial charge in [-0.05, 0) is 37.1 Å². The summed E-state index contributed by atoms with van der Waals surface area (Å²) in [6, 6.07) is 10.5. The number of fused-ring (bicyclic) bond motifs is 1. The molecule has 0 aliphatic heterocycles. The fraction of sp³-hybridized carbons (Fsp3) is 0.357. The third-order valence-electron chi connectivity index (χ3n) is 3.24. The van der Waals surface area contributed by atoms with E-state index in [0.717, 1.165) is 0 Å². The van der Waals surface area contributed by atoms with E-state index in [4.69, 9.17) is 4.84 Å². The van der Waals surface area contributed by atoms with E-state index in [9.17, 15) is 0 Å². The minimum atomic E-state index is 0.408. The summed E-state index contributed by atoms with van der Waals surface area (Å²) in [5.41, 5.74) is 0. The molecular weight excluding hydrogens is 198 g/mol. The largest absolute Gasteiger partial charge is 0.268 e. The summed E-state index contributed by atoms with van der Waals surface area (Å²) in [6.07, 6.45) is 9.47. The fourth-order valence-corrected chi connectivity index (χ4v) is 2.35. The van der Waals surface area contributed by atoms with Gasteiger partial charge in [-0.3, -0.25) is 4.84 Å². The average molecular weight is 214 g/mol. The van der Waals surface area contributed by atoms with Crippen molar-refractivity contribution in [2.24, 2.45) is 0 Å². The Morgan fingerprint density at radius 2 is 1.75 bits per heavy atom. The number of hydrogen-bond acceptors (Lipinski definition) is 1. The standard InChI is InChI=1S/C14H16NO/c1-2-6-13-11-15(10-9-12(13)5-1)16-14-7-3-4-8-14/h1-2,5-6,9-11,14H,3-4,7-8H2/q+1. The van der Waals surface area contributed by atoms with Crippen LogP contribution >= 0.6 is 0 Å². The second kappa shape index (κ2) is 4.12. The van der Waals surface area contributed by atoms with E-state index >= 15 is 0 Å². The second-order valence-corrected chi connectivity index (χ2v) is 4.45. The SMILES string of the molecule is c1ccc2c[n+](OC3CCCC3)ccc2c1. The summed E-state index contributed by atoms with van der Waals surface area (Å²) in [5, 5.41) is 2.48. The number of aromatic nitrogens is 1. The summed E-state index contributed by atoms with van der Waals surface area (Å²) in [4.78, 5) is 5.90. The molecule has 16 heavy (non-hydrogen) atoms. The maximum atomic E-state index is 5.90. The molecule has 3 rings (SSSR count). The van der Waals surface area contributed by atoms with Crippen molar-refractivity contribution in [3.63, 3.8) is 0 Å². The van der Waals surface area contributed by atoms with Gasteiger partial charge in [-0.25, -0.2) is 0 Å². The van der Waals surface area contributed by atoms with E-state index in [2.05, 4.69) is 36.5 Å². The van der Waals surface area contributed by atoms with Gasteiger partial charge in [0.2, 0.25) is 12.4 Å². The van der Waals surface area contributed by atoms with Gasteiger partial charge in [-0.1, -0.05) is 18.2 Å². The molecule has 0 atom stereocenters. The molecule has 1 aromatic heterocycles. The monoisotopic (exact) mass is 214 g/mol. The lowest BCUT2D eigenvalue weighted by Gasteiger charge is -2.05. The van der Waals surface area contributed by atoms with Crippen LogP contribution in [0.2, 0.25) is 0 Å². The molecule has 2 aromatic rings. The molecule has 0 amide bonds. The van der Waals surface area contributed by atoms with Gasteiger partial charge in [-0.2, -0.15) is 0 Å². The molecule has 2 heteroatoms. The Kier molecular flexibility index (Phi) is 2.49. The molecule has 2 nitrogen and oxygen atoms in total. The van der Waals surface area contributed by atoms with Gasteiger partial charge >= 0.3 is 0 Å². The summed E-state index contributed by atoms with van der Waals surface area (Å²) < 4.78 is 1.86. The molecule has 0 radical (unpaired) electrons. The molecule has 0 unspecified atom stereocenters. The number of benzene rings is 1. The van der Waals surface area contributed by atoms with Crippen LogP contribution in [0.5, 0.6) is 0 Å². The summed E-state index contributed by atoms with van der Waals surface area (Å²) in [6.45, 7) is 0. The van der Waals surface area contributed by atoms with Crippen LogP contribution in [0.3, 0.4) is 0 Å². The lowest BCUT2D eigenvalue weighted by Crippen LogP contribution is -2.46. The molecule has 0 bridgehead atoms. The number of pyridine rings is 1. The quantitative estimate of drug-likeness (QED) is 0.700. The van der Waals surface area contributed by atoms with Crippen LogP contribution in [0.4, 0.5) is 0 Å². The van der Waals surface area contributed by atoms with E-state index in [-0.39, 0.29) is 0 Å². The first-order valence-electron chi connectivity index (χ1n) is 5.99. The molecule has 1 aliphatic carbocycles. The van der Waals surface area contributed by atoms with Crippen molar-refractivity contribution in [3.05, 3.63) is 42.7 Å². The topological polar surface area (TPSA) is 13.1 Å². The van der Waals surface area contributed by atoms with E-state index in [1.165, 1.54) is 36.5 Å². The van der Waals surface area contributed by atoms with Crippen molar-refractivity contribution in [2.75, 3.05) is 0 Å². The molecular formula is C14H16NO+. The molecule has 1 fully saturated rings. The highest BCUT2D eigenvalue weighted by molar-refractivity contribution is 5.80. The number of rotatable bonds is 2. The molecule has 0 spiro atoms. The predicted molar refractivity (Wildman–Crippen MR) is 63.0 cm³/mol. The van der Waals surface area contributed by atoms with Crippen molar-refractivity contribution in [3.8, 4) is 0 Å². The normalized spacial score (nSPS) is 16.8. The highest BCUT2D eigenvalue weighted by atomic mass is 16.7. The van der Waals surface area contributed by atoms with Crippen LogP contribution in [0.15, 0.2) is 42.7 Å². The Balaban J connectivity index is 1.86. The Hall–Kier alpha value is -1.57. The second-order valence-electron chi connectivity index (χ2n) is 4.45. The van der Waals surface area contributed by atoms with Gasteiger partial charge < -0.3 is 0 Å². The van der Waals surface area contributed by atoms with Crippen LogP contribution in [0, 0.1) is 0 Å². The highest BCUT2D eigenvalue weighted by Crippen LogP contribution is 2.18. The maximum absolute atomic E-state index is 5.90. The summed E-state index contributed by atoms with van der Waals surface area (Å²) >= 11 is 0. The van der Waals surface area contributed by atoms with Crippen LogP contribution in [-0.2, 0) is 0 Å². The van der Waals surface area contributed by atoms with Crippen molar-refractivity contribution in [1.29, 1.82) is 0 Å². The lowest BCUT2D eigenvalue weighted by atomic mass is 10.2. The minimum Gasteiger partial charge on any atom is -0.268 e. The first-order valence-corrected chi connectivity index (χ1v) is 5.99. The first-order chi connectivity index (χ1) is 7.92. The van der Waals surface area contributed by atoms with Gasteiger partial charge in [0, 0.05) is 10.8 Å². The van der Waals surface area contributed by atoms with E-state index in [0.29, 0.717) is 6.10 Å². The summed E-state index contributed by atoms with van der Waals surface area (Å²) in [7, 11) is 0. The predicted octanol–water partition coefficient (Wildman–Crippen LogP) is 2.50. The minimum absolute atomic E-state index is 0.408. The van der Waals surface area contributed by atoms with Crippen molar-refractivity contribution >= 4 is 10.8 Å². The van der Waals surface area contributed by atoms with Crippen LogP contribution in [0.1, 0.15) is 25.7 Å². The molecule has 0 saturated heterocycles. The summed E-state index contributed by atoms with van der Waals surface area (Å²) in [5.74, 6) is 0. The number of nitrogens with zero attached hydrogens (tertiary/aromatic N) is 1. The van der Waals surface area contributed by atoms with Gasteiger partial charge in [-0.15, -0.1) is 0 Å².